The van der Waals surface area contributed by atoms with E-state index in [2.05, 4.69) is 74.6 Å². The number of unbranched alkanes of at least 4 members (excludes halogenated alkanes) is 22. The predicted molar refractivity (Wildman–Crippen MR) is 267 cm³/mol. The smallest absolute Gasteiger partial charge is 0.361 e. The van der Waals surface area contributed by atoms with Crippen molar-refractivity contribution >= 4 is 17.9 Å². The Hall–Kier alpha value is -3.01. The minimum absolute atomic E-state index is 0.183. The molecule has 0 aromatic carbocycles. The number of allylic oxidation sites excluding steroid dienone is 10. The molecule has 0 aromatic rings. The van der Waals surface area contributed by atoms with E-state index in [4.69, 9.17) is 18.9 Å². The summed E-state index contributed by atoms with van der Waals surface area (Å²) in [7, 11) is 5.96. The van der Waals surface area contributed by atoms with Gasteiger partial charge in [-0.2, -0.15) is 0 Å². The lowest BCUT2D eigenvalue weighted by atomic mass is 10.1. The largest absolute Gasteiger partial charge is 0.477 e. The van der Waals surface area contributed by atoms with Crippen molar-refractivity contribution in [3.8, 4) is 0 Å². The SMILES string of the molecule is CC/C=C\C/C=C\C/C=C\C/C=C\CCCCCCCCCCC(=O)OC(COC(=O)CCCCCCCCC/C=C\CCCCCCCCC)COC(OCC[N+](C)(C)C)C(=O)O. The number of quaternary nitrogens is 1. The molecule has 1 N–H and O–H groups in total. The van der Waals surface area contributed by atoms with Gasteiger partial charge in [0.1, 0.15) is 13.2 Å². The van der Waals surface area contributed by atoms with Crippen LogP contribution in [0.2, 0.25) is 0 Å². The Labute approximate surface area is 393 Å². The second-order valence-electron chi connectivity index (χ2n) is 18.4. The van der Waals surface area contributed by atoms with Crippen LogP contribution in [0.25, 0.3) is 0 Å². The number of hydrogen-bond donors (Lipinski definition) is 1. The first-order valence-corrected chi connectivity index (χ1v) is 26.0. The van der Waals surface area contributed by atoms with Crippen LogP contribution in [0.4, 0.5) is 0 Å². The van der Waals surface area contributed by atoms with Gasteiger partial charge in [0.15, 0.2) is 6.10 Å². The van der Waals surface area contributed by atoms with Crippen LogP contribution in [-0.4, -0.2) is 87.4 Å². The van der Waals surface area contributed by atoms with Crippen molar-refractivity contribution in [2.45, 2.75) is 225 Å². The Bertz CT molecular complexity index is 1230. The standard InChI is InChI=1S/C55H97NO8/c1-6-8-10-12-14-16-18-20-22-24-26-27-28-30-32-34-36-38-40-42-44-46-53(58)64-51(50-63-55(54(59)60)61-48-47-56(3,4)5)49-62-52(57)45-43-41-39-37-35-33-31-29-25-23-21-19-17-15-13-11-9-7-2/h8,10,14,16,20,22-23,25-27,51,55H,6-7,9,11-13,15,17-19,21,24,28-50H2,1-5H3/p+1/b10-8-,16-14-,22-20-,25-23-,27-26-. The van der Waals surface area contributed by atoms with E-state index in [1.807, 2.05) is 21.1 Å². The number of ether oxygens (including phenoxy) is 4. The molecule has 9 heteroatoms. The molecule has 0 aliphatic heterocycles. The average molecular weight is 901 g/mol. The van der Waals surface area contributed by atoms with Gasteiger partial charge in [0.05, 0.1) is 34.4 Å². The van der Waals surface area contributed by atoms with Crippen molar-refractivity contribution in [2.75, 3.05) is 47.5 Å². The normalized spacial score (nSPS) is 13.3. The Balaban J connectivity index is 4.36. The molecule has 0 spiro atoms. The second-order valence-corrected chi connectivity index (χ2v) is 18.4. The van der Waals surface area contributed by atoms with Crippen molar-refractivity contribution in [2.24, 2.45) is 0 Å². The van der Waals surface area contributed by atoms with Gasteiger partial charge in [-0.05, 0) is 77.0 Å². The van der Waals surface area contributed by atoms with Crippen LogP contribution >= 0.6 is 0 Å². The van der Waals surface area contributed by atoms with Crippen LogP contribution in [0, 0.1) is 0 Å². The van der Waals surface area contributed by atoms with E-state index in [9.17, 15) is 19.5 Å². The monoisotopic (exact) mass is 901 g/mol. The van der Waals surface area contributed by atoms with E-state index in [1.54, 1.807) is 0 Å². The highest BCUT2D eigenvalue weighted by Gasteiger charge is 2.25. The summed E-state index contributed by atoms with van der Waals surface area (Å²) >= 11 is 0. The third-order valence-electron chi connectivity index (χ3n) is 11.0. The number of aliphatic carboxylic acids is 1. The minimum Gasteiger partial charge on any atom is -0.477 e. The molecule has 0 fully saturated rings. The predicted octanol–water partition coefficient (Wildman–Crippen LogP) is 14.5. The molecule has 0 heterocycles. The molecule has 2 atom stereocenters. The van der Waals surface area contributed by atoms with E-state index in [0.717, 1.165) is 70.6 Å². The van der Waals surface area contributed by atoms with Crippen molar-refractivity contribution in [1.82, 2.24) is 0 Å². The maximum absolute atomic E-state index is 12.8. The highest BCUT2D eigenvalue weighted by molar-refractivity contribution is 5.71. The van der Waals surface area contributed by atoms with E-state index >= 15 is 0 Å². The number of likely N-dealkylation sites (N-methyl/N-ethyl adjacent to an activating group) is 1. The van der Waals surface area contributed by atoms with Crippen LogP contribution < -0.4 is 0 Å². The third kappa shape index (κ3) is 47.0. The topological polar surface area (TPSA) is 108 Å². The summed E-state index contributed by atoms with van der Waals surface area (Å²) < 4.78 is 22.8. The maximum atomic E-state index is 12.8. The van der Waals surface area contributed by atoms with Gasteiger partial charge < -0.3 is 28.5 Å². The van der Waals surface area contributed by atoms with Crippen LogP contribution in [0.1, 0.15) is 213 Å². The van der Waals surface area contributed by atoms with Gasteiger partial charge in [0.2, 0.25) is 0 Å². The summed E-state index contributed by atoms with van der Waals surface area (Å²) in [6.07, 6.45) is 54.2. The molecule has 0 aliphatic rings. The first-order valence-electron chi connectivity index (χ1n) is 26.0. The summed E-state index contributed by atoms with van der Waals surface area (Å²) in [6, 6.07) is 0. The van der Waals surface area contributed by atoms with Gasteiger partial charge in [0.25, 0.3) is 6.29 Å². The molecule has 0 bridgehead atoms. The zero-order chi connectivity index (χ0) is 47.0. The van der Waals surface area contributed by atoms with Crippen molar-refractivity contribution in [3.05, 3.63) is 60.8 Å². The maximum Gasteiger partial charge on any atom is 0.361 e. The number of hydrogen-bond acceptors (Lipinski definition) is 7. The summed E-state index contributed by atoms with van der Waals surface area (Å²) in [5.41, 5.74) is 0. The Morgan fingerprint density at radius 3 is 1.34 bits per heavy atom. The van der Waals surface area contributed by atoms with Gasteiger partial charge in [-0.25, -0.2) is 4.79 Å². The van der Waals surface area contributed by atoms with E-state index < -0.39 is 24.3 Å². The number of carbonyl (C=O) groups is 3. The van der Waals surface area contributed by atoms with Crippen LogP contribution in [0.15, 0.2) is 60.8 Å². The van der Waals surface area contributed by atoms with Crippen molar-refractivity contribution < 1.29 is 42.9 Å². The van der Waals surface area contributed by atoms with E-state index in [1.165, 1.54) is 109 Å². The fourth-order valence-electron chi connectivity index (χ4n) is 7.00. The quantitative estimate of drug-likeness (QED) is 0.0211. The minimum atomic E-state index is -1.51. The van der Waals surface area contributed by atoms with Crippen LogP contribution in [0.5, 0.6) is 0 Å². The Morgan fingerprint density at radius 2 is 0.891 bits per heavy atom. The number of carboxylic acid groups (broad SMARTS) is 1. The Morgan fingerprint density at radius 1 is 0.484 bits per heavy atom. The summed E-state index contributed by atoms with van der Waals surface area (Å²) in [6.45, 7) is 4.75. The highest BCUT2D eigenvalue weighted by atomic mass is 16.7. The van der Waals surface area contributed by atoms with E-state index in [-0.39, 0.29) is 32.2 Å². The molecule has 0 amide bonds. The number of carboxylic acids is 1. The fourth-order valence-corrected chi connectivity index (χ4v) is 7.00. The molecule has 0 aliphatic carbocycles. The number of esters is 2. The fraction of sp³-hybridized carbons (Fsp3) is 0.764. The van der Waals surface area contributed by atoms with Crippen LogP contribution in [0.3, 0.4) is 0 Å². The van der Waals surface area contributed by atoms with Gasteiger partial charge in [-0.1, -0.05) is 184 Å². The molecular formula is C55H98NO8+. The van der Waals surface area contributed by atoms with Gasteiger partial charge in [-0.15, -0.1) is 0 Å². The molecule has 0 saturated carbocycles. The Kier molecular flexibility index (Phi) is 44.3. The number of carbonyl (C=O) groups excluding carboxylic acids is 2. The number of rotatable bonds is 47. The zero-order valence-corrected chi connectivity index (χ0v) is 41.9. The second kappa shape index (κ2) is 46.5. The van der Waals surface area contributed by atoms with Gasteiger partial charge in [-0.3, -0.25) is 9.59 Å². The molecule has 64 heavy (non-hydrogen) atoms. The number of nitrogens with zero attached hydrogens (tertiary/aromatic N) is 1. The van der Waals surface area contributed by atoms with Crippen molar-refractivity contribution in [1.29, 1.82) is 0 Å². The lowest BCUT2D eigenvalue weighted by Gasteiger charge is -2.25. The molecule has 0 radical (unpaired) electrons. The highest BCUT2D eigenvalue weighted by Crippen LogP contribution is 2.15. The first kappa shape index (κ1) is 61.0. The summed E-state index contributed by atoms with van der Waals surface area (Å²) in [5.74, 6) is -2.02. The van der Waals surface area contributed by atoms with E-state index in [0.29, 0.717) is 23.9 Å². The third-order valence-corrected chi connectivity index (χ3v) is 11.0. The van der Waals surface area contributed by atoms with Gasteiger partial charge >= 0.3 is 17.9 Å². The molecular weight excluding hydrogens is 803 g/mol. The zero-order valence-electron chi connectivity index (χ0n) is 41.9. The lowest BCUT2D eigenvalue weighted by molar-refractivity contribution is -0.870. The van der Waals surface area contributed by atoms with Crippen LogP contribution in [-0.2, 0) is 33.3 Å². The first-order chi connectivity index (χ1) is 31.1. The molecule has 2 unspecified atom stereocenters. The molecule has 0 aromatic heterocycles. The summed E-state index contributed by atoms with van der Waals surface area (Å²) in [5, 5.41) is 9.67. The molecule has 370 valence electrons. The molecule has 0 saturated heterocycles. The molecule has 9 nitrogen and oxygen atoms in total. The lowest BCUT2D eigenvalue weighted by Crippen LogP contribution is -2.40. The average Bonchev–Trinajstić information content (AvgIpc) is 3.26. The molecule has 0 rings (SSSR count). The summed E-state index contributed by atoms with van der Waals surface area (Å²) in [4.78, 5) is 37.3. The van der Waals surface area contributed by atoms with Crippen molar-refractivity contribution in [3.63, 3.8) is 0 Å². The van der Waals surface area contributed by atoms with Gasteiger partial charge in [0, 0.05) is 12.8 Å².